The predicted octanol–water partition coefficient (Wildman–Crippen LogP) is 2.78. The van der Waals surface area contributed by atoms with Crippen molar-refractivity contribution >= 4 is 5.82 Å². The van der Waals surface area contributed by atoms with Gasteiger partial charge < -0.3 is 4.90 Å². The van der Waals surface area contributed by atoms with E-state index in [1.54, 1.807) is 0 Å². The number of benzene rings is 1. The topological polar surface area (TPSA) is 21.1 Å². The summed E-state index contributed by atoms with van der Waals surface area (Å²) in [5, 5.41) is 0. The van der Waals surface area contributed by atoms with E-state index in [1.165, 1.54) is 24.3 Å². The van der Waals surface area contributed by atoms with Crippen LogP contribution in [0.3, 0.4) is 0 Å². The molecular formula is C14H17N3. The van der Waals surface area contributed by atoms with Gasteiger partial charge in [-0.2, -0.15) is 0 Å². The lowest BCUT2D eigenvalue weighted by Gasteiger charge is -2.20. The quantitative estimate of drug-likeness (QED) is 0.786. The molecule has 1 aliphatic heterocycles. The number of hydrogen-bond acceptors (Lipinski definition) is 2. The van der Waals surface area contributed by atoms with Gasteiger partial charge in [0.1, 0.15) is 11.6 Å². The standard InChI is InChI=1S/C14H17N3/c1-12-15-11-14(16-9-5-6-10-16)17(12)13-7-3-2-4-8-13/h2-4,7-8,11H,5-6,9-10H2,1H3. The van der Waals surface area contributed by atoms with Crippen molar-refractivity contribution in [1.29, 1.82) is 0 Å². The highest BCUT2D eigenvalue weighted by Crippen LogP contribution is 2.25. The lowest BCUT2D eigenvalue weighted by molar-refractivity contribution is 0.881. The highest BCUT2D eigenvalue weighted by Gasteiger charge is 2.18. The van der Waals surface area contributed by atoms with Crippen LogP contribution in [0.15, 0.2) is 36.5 Å². The van der Waals surface area contributed by atoms with Crippen molar-refractivity contribution in [1.82, 2.24) is 9.55 Å². The fraction of sp³-hybridized carbons (Fsp3) is 0.357. The minimum atomic E-state index is 1.05. The summed E-state index contributed by atoms with van der Waals surface area (Å²) in [7, 11) is 0. The van der Waals surface area contributed by atoms with E-state index in [1.807, 2.05) is 12.3 Å². The maximum absolute atomic E-state index is 4.46. The van der Waals surface area contributed by atoms with Gasteiger partial charge in [0.05, 0.1) is 6.20 Å². The van der Waals surface area contributed by atoms with E-state index >= 15 is 0 Å². The van der Waals surface area contributed by atoms with Crippen molar-refractivity contribution in [2.75, 3.05) is 18.0 Å². The number of aryl methyl sites for hydroxylation is 1. The lowest BCUT2D eigenvalue weighted by atomic mass is 10.3. The van der Waals surface area contributed by atoms with Gasteiger partial charge in [0.25, 0.3) is 0 Å². The van der Waals surface area contributed by atoms with Crippen LogP contribution in [0.2, 0.25) is 0 Å². The molecule has 0 radical (unpaired) electrons. The van der Waals surface area contributed by atoms with E-state index in [4.69, 9.17) is 0 Å². The number of anilines is 1. The number of para-hydroxylation sites is 1. The first-order valence-electron chi connectivity index (χ1n) is 6.21. The second-order valence-electron chi connectivity index (χ2n) is 4.53. The Morgan fingerprint density at radius 2 is 1.76 bits per heavy atom. The van der Waals surface area contributed by atoms with Crippen LogP contribution >= 0.6 is 0 Å². The smallest absolute Gasteiger partial charge is 0.133 e. The van der Waals surface area contributed by atoms with Crippen LogP contribution in [0.4, 0.5) is 5.82 Å². The first-order chi connectivity index (χ1) is 8.36. The Labute approximate surface area is 102 Å². The van der Waals surface area contributed by atoms with E-state index in [0.29, 0.717) is 0 Å². The summed E-state index contributed by atoms with van der Waals surface area (Å²) in [6.07, 6.45) is 4.58. The molecule has 0 saturated carbocycles. The van der Waals surface area contributed by atoms with Gasteiger partial charge in [-0.15, -0.1) is 0 Å². The molecule has 3 rings (SSSR count). The molecular weight excluding hydrogens is 210 g/mol. The molecule has 2 heterocycles. The molecule has 0 atom stereocenters. The van der Waals surface area contributed by atoms with E-state index in [2.05, 4.69) is 45.6 Å². The third-order valence-electron chi connectivity index (χ3n) is 3.36. The van der Waals surface area contributed by atoms with Gasteiger partial charge in [-0.1, -0.05) is 18.2 Å². The van der Waals surface area contributed by atoms with Crippen LogP contribution in [0.1, 0.15) is 18.7 Å². The van der Waals surface area contributed by atoms with E-state index in [-0.39, 0.29) is 0 Å². The zero-order valence-corrected chi connectivity index (χ0v) is 10.1. The van der Waals surface area contributed by atoms with Crippen molar-refractivity contribution in [3.8, 4) is 5.69 Å². The zero-order valence-electron chi connectivity index (χ0n) is 10.1. The Balaban J connectivity index is 2.06. The predicted molar refractivity (Wildman–Crippen MR) is 69.7 cm³/mol. The Morgan fingerprint density at radius 1 is 1.06 bits per heavy atom. The maximum atomic E-state index is 4.46. The molecule has 3 nitrogen and oxygen atoms in total. The Kier molecular flexibility index (Phi) is 2.59. The summed E-state index contributed by atoms with van der Waals surface area (Å²) in [6.45, 7) is 4.36. The highest BCUT2D eigenvalue weighted by atomic mass is 15.3. The van der Waals surface area contributed by atoms with Gasteiger partial charge in [-0.25, -0.2) is 4.98 Å². The van der Waals surface area contributed by atoms with Gasteiger partial charge in [-0.05, 0) is 31.9 Å². The number of nitrogens with zero attached hydrogens (tertiary/aromatic N) is 3. The zero-order chi connectivity index (χ0) is 11.7. The first-order valence-corrected chi connectivity index (χ1v) is 6.21. The van der Waals surface area contributed by atoms with Crippen LogP contribution in [0, 0.1) is 6.92 Å². The van der Waals surface area contributed by atoms with Gasteiger partial charge in [-0.3, -0.25) is 4.57 Å². The average molecular weight is 227 g/mol. The summed E-state index contributed by atoms with van der Waals surface area (Å²) in [5.41, 5.74) is 1.20. The van der Waals surface area contributed by atoms with Gasteiger partial charge in [0.2, 0.25) is 0 Å². The second-order valence-corrected chi connectivity index (χ2v) is 4.53. The first kappa shape index (κ1) is 10.4. The number of rotatable bonds is 2. The van der Waals surface area contributed by atoms with Crippen molar-refractivity contribution in [3.05, 3.63) is 42.4 Å². The number of hydrogen-bond donors (Lipinski definition) is 0. The third-order valence-corrected chi connectivity index (χ3v) is 3.36. The van der Waals surface area contributed by atoms with Crippen LogP contribution in [-0.2, 0) is 0 Å². The minimum absolute atomic E-state index is 1.05. The summed E-state index contributed by atoms with van der Waals surface area (Å²) in [6, 6.07) is 10.5. The minimum Gasteiger partial charge on any atom is -0.356 e. The van der Waals surface area contributed by atoms with Crippen molar-refractivity contribution in [2.45, 2.75) is 19.8 Å². The average Bonchev–Trinajstić information content (AvgIpc) is 2.98. The Hall–Kier alpha value is -1.77. The van der Waals surface area contributed by atoms with Gasteiger partial charge in [0, 0.05) is 18.8 Å². The number of imidazole rings is 1. The van der Waals surface area contributed by atoms with Crippen LogP contribution in [0.25, 0.3) is 5.69 Å². The molecule has 17 heavy (non-hydrogen) atoms. The molecule has 0 bridgehead atoms. The molecule has 1 saturated heterocycles. The summed E-state index contributed by atoms with van der Waals surface area (Å²) < 4.78 is 2.24. The molecule has 1 aromatic carbocycles. The van der Waals surface area contributed by atoms with Gasteiger partial charge >= 0.3 is 0 Å². The molecule has 0 N–H and O–H groups in total. The van der Waals surface area contributed by atoms with Crippen LogP contribution < -0.4 is 4.90 Å². The molecule has 1 aromatic heterocycles. The van der Waals surface area contributed by atoms with Crippen molar-refractivity contribution < 1.29 is 0 Å². The van der Waals surface area contributed by atoms with E-state index < -0.39 is 0 Å². The largest absolute Gasteiger partial charge is 0.356 e. The molecule has 88 valence electrons. The van der Waals surface area contributed by atoms with Crippen LogP contribution in [-0.4, -0.2) is 22.6 Å². The summed E-state index contributed by atoms with van der Waals surface area (Å²) in [5.74, 6) is 2.28. The fourth-order valence-electron chi connectivity index (χ4n) is 2.50. The lowest BCUT2D eigenvalue weighted by Crippen LogP contribution is -2.20. The summed E-state index contributed by atoms with van der Waals surface area (Å²) in [4.78, 5) is 6.88. The van der Waals surface area contributed by atoms with Gasteiger partial charge in [0.15, 0.2) is 0 Å². The van der Waals surface area contributed by atoms with E-state index in [0.717, 1.165) is 18.9 Å². The molecule has 0 aliphatic carbocycles. The normalized spacial score (nSPS) is 15.5. The Morgan fingerprint density at radius 3 is 2.47 bits per heavy atom. The molecule has 0 unspecified atom stereocenters. The fourth-order valence-corrected chi connectivity index (χ4v) is 2.50. The van der Waals surface area contributed by atoms with E-state index in [9.17, 15) is 0 Å². The second kappa shape index (κ2) is 4.24. The maximum Gasteiger partial charge on any atom is 0.133 e. The van der Waals surface area contributed by atoms with Crippen molar-refractivity contribution in [2.24, 2.45) is 0 Å². The summed E-state index contributed by atoms with van der Waals surface area (Å²) >= 11 is 0. The molecule has 1 aliphatic rings. The van der Waals surface area contributed by atoms with Crippen LogP contribution in [0.5, 0.6) is 0 Å². The molecule has 0 amide bonds. The Bertz CT molecular complexity index is 495. The third kappa shape index (κ3) is 1.82. The monoisotopic (exact) mass is 227 g/mol. The molecule has 2 aromatic rings. The molecule has 3 heteroatoms. The highest BCUT2D eigenvalue weighted by molar-refractivity contribution is 5.49. The van der Waals surface area contributed by atoms with Crippen molar-refractivity contribution in [3.63, 3.8) is 0 Å². The SMILES string of the molecule is Cc1ncc(N2CCCC2)n1-c1ccccc1. The molecule has 1 fully saturated rings. The number of aromatic nitrogens is 2. The molecule has 0 spiro atoms.